The van der Waals surface area contributed by atoms with E-state index in [1.54, 1.807) is 0 Å². The van der Waals surface area contributed by atoms with E-state index in [1.165, 1.54) is 13.5 Å². The standard InChI is InChI=1S/C10H16N2O2.C4H4O4/c1-14-12-10(13)8-4-2-3-7-5-6-9(8)11-7;5-3(6)1-2-4(7)8/h4,7,9,11H,2-3,5-6H2,1H3,(H,12,13);1-2H,(H,5,6)(H,7,8)/b;2-1+/t7?,9-;/m1./s1. The Hall–Kier alpha value is -2.19. The summed E-state index contributed by atoms with van der Waals surface area (Å²) in [5.41, 5.74) is 3.22. The van der Waals surface area contributed by atoms with Crippen molar-refractivity contribution in [1.29, 1.82) is 0 Å². The highest BCUT2D eigenvalue weighted by Crippen LogP contribution is 2.25. The van der Waals surface area contributed by atoms with E-state index in [2.05, 4.69) is 15.6 Å². The number of carboxylic acids is 2. The Morgan fingerprint density at radius 2 is 1.86 bits per heavy atom. The molecule has 1 amide bonds. The smallest absolute Gasteiger partial charge is 0.328 e. The molecular weight excluding hydrogens is 292 g/mol. The number of hydrogen-bond donors (Lipinski definition) is 4. The van der Waals surface area contributed by atoms with Gasteiger partial charge < -0.3 is 15.5 Å². The zero-order chi connectivity index (χ0) is 16.5. The van der Waals surface area contributed by atoms with Crippen LogP contribution in [0.3, 0.4) is 0 Å². The van der Waals surface area contributed by atoms with Gasteiger partial charge in [0.1, 0.15) is 0 Å². The predicted octanol–water partition coefficient (Wildman–Crippen LogP) is 0.217. The van der Waals surface area contributed by atoms with Gasteiger partial charge in [0.15, 0.2) is 0 Å². The van der Waals surface area contributed by atoms with Gasteiger partial charge in [-0.2, -0.15) is 0 Å². The average Bonchev–Trinajstić information content (AvgIpc) is 2.78. The molecule has 0 aromatic heterocycles. The highest BCUT2D eigenvalue weighted by molar-refractivity contribution is 5.94. The molecule has 8 nitrogen and oxygen atoms in total. The van der Waals surface area contributed by atoms with Crippen molar-refractivity contribution in [3.8, 4) is 0 Å². The Balaban J connectivity index is 0.000000261. The summed E-state index contributed by atoms with van der Waals surface area (Å²) >= 11 is 0. The first-order valence-electron chi connectivity index (χ1n) is 6.87. The number of allylic oxidation sites excluding steroid dienone is 1. The van der Waals surface area contributed by atoms with Gasteiger partial charge >= 0.3 is 11.9 Å². The summed E-state index contributed by atoms with van der Waals surface area (Å²) in [6, 6.07) is 0.835. The molecule has 0 spiro atoms. The van der Waals surface area contributed by atoms with Gasteiger partial charge in [-0.3, -0.25) is 9.63 Å². The highest BCUT2D eigenvalue weighted by atomic mass is 16.6. The molecule has 1 saturated heterocycles. The van der Waals surface area contributed by atoms with Crippen LogP contribution in [0.5, 0.6) is 0 Å². The summed E-state index contributed by atoms with van der Waals surface area (Å²) < 4.78 is 0. The maximum Gasteiger partial charge on any atom is 0.328 e. The molecule has 2 aliphatic rings. The van der Waals surface area contributed by atoms with E-state index in [9.17, 15) is 14.4 Å². The third-order valence-corrected chi connectivity index (χ3v) is 3.32. The number of aliphatic carboxylic acids is 2. The van der Waals surface area contributed by atoms with Crippen molar-refractivity contribution in [2.75, 3.05) is 7.11 Å². The molecule has 0 saturated carbocycles. The molecule has 8 heteroatoms. The van der Waals surface area contributed by atoms with Gasteiger partial charge in [0.2, 0.25) is 0 Å². The number of carboxylic acid groups (broad SMARTS) is 2. The number of nitrogens with one attached hydrogen (secondary N) is 2. The van der Waals surface area contributed by atoms with E-state index in [4.69, 9.17) is 10.2 Å². The Morgan fingerprint density at radius 3 is 2.41 bits per heavy atom. The molecule has 0 aromatic rings. The molecule has 2 atom stereocenters. The Bertz CT molecular complexity index is 470. The van der Waals surface area contributed by atoms with Crippen molar-refractivity contribution >= 4 is 17.8 Å². The number of rotatable bonds is 4. The summed E-state index contributed by atoms with van der Waals surface area (Å²) in [5, 5.41) is 19.1. The Labute approximate surface area is 127 Å². The number of fused-ring (bicyclic) bond motifs is 2. The first-order chi connectivity index (χ1) is 10.4. The second kappa shape index (κ2) is 8.96. The molecular formula is C14H20N2O6. The molecule has 0 radical (unpaired) electrons. The number of hydroxylamine groups is 1. The first kappa shape index (κ1) is 17.9. The number of amides is 1. The maximum absolute atomic E-state index is 11.6. The zero-order valence-electron chi connectivity index (χ0n) is 12.2. The summed E-state index contributed by atoms with van der Waals surface area (Å²) in [5.74, 6) is -2.62. The second-order valence-electron chi connectivity index (χ2n) is 4.88. The third-order valence-electron chi connectivity index (χ3n) is 3.32. The molecule has 2 rings (SSSR count). The SMILES string of the molecule is CONC(=O)C1=CCCC2CC[C@H]1N2.O=C(O)/C=C/C(=O)O. The van der Waals surface area contributed by atoms with Gasteiger partial charge in [0.05, 0.1) is 7.11 Å². The molecule has 2 bridgehead atoms. The van der Waals surface area contributed by atoms with Crippen molar-refractivity contribution in [2.24, 2.45) is 0 Å². The van der Waals surface area contributed by atoms with E-state index < -0.39 is 11.9 Å². The van der Waals surface area contributed by atoms with Crippen molar-refractivity contribution in [2.45, 2.75) is 37.8 Å². The number of hydrogen-bond acceptors (Lipinski definition) is 5. The van der Waals surface area contributed by atoms with Crippen LogP contribution in [0.4, 0.5) is 0 Å². The molecule has 4 N–H and O–H groups in total. The van der Waals surface area contributed by atoms with Crippen LogP contribution in [-0.2, 0) is 19.2 Å². The van der Waals surface area contributed by atoms with Crippen LogP contribution >= 0.6 is 0 Å². The fourth-order valence-corrected chi connectivity index (χ4v) is 2.42. The quantitative estimate of drug-likeness (QED) is 0.432. The lowest BCUT2D eigenvalue weighted by Crippen LogP contribution is -2.35. The molecule has 0 aromatic carbocycles. The monoisotopic (exact) mass is 312 g/mol. The second-order valence-corrected chi connectivity index (χ2v) is 4.88. The lowest BCUT2D eigenvalue weighted by Gasteiger charge is -2.13. The molecule has 1 fully saturated rings. The van der Waals surface area contributed by atoms with Crippen molar-refractivity contribution in [3.63, 3.8) is 0 Å². The van der Waals surface area contributed by atoms with Crippen molar-refractivity contribution in [1.82, 2.24) is 10.8 Å². The van der Waals surface area contributed by atoms with Crippen LogP contribution in [0.1, 0.15) is 25.7 Å². The lowest BCUT2D eigenvalue weighted by atomic mass is 9.99. The van der Waals surface area contributed by atoms with Gasteiger partial charge in [-0.15, -0.1) is 0 Å². The topological polar surface area (TPSA) is 125 Å². The summed E-state index contributed by atoms with van der Waals surface area (Å²) in [6.07, 6.45) is 7.52. The van der Waals surface area contributed by atoms with E-state index in [1.807, 2.05) is 6.08 Å². The largest absolute Gasteiger partial charge is 0.478 e. The van der Waals surface area contributed by atoms with Crippen molar-refractivity contribution in [3.05, 3.63) is 23.8 Å². The zero-order valence-corrected chi connectivity index (χ0v) is 12.2. The van der Waals surface area contributed by atoms with E-state index >= 15 is 0 Å². The van der Waals surface area contributed by atoms with Crippen LogP contribution in [0, 0.1) is 0 Å². The number of carbonyl (C=O) groups excluding carboxylic acids is 1. The fourth-order valence-electron chi connectivity index (χ4n) is 2.42. The first-order valence-corrected chi connectivity index (χ1v) is 6.87. The van der Waals surface area contributed by atoms with E-state index in [0.717, 1.165) is 24.8 Å². The van der Waals surface area contributed by atoms with Gasteiger partial charge in [-0.25, -0.2) is 15.1 Å². The van der Waals surface area contributed by atoms with Crippen LogP contribution in [0.2, 0.25) is 0 Å². The van der Waals surface area contributed by atoms with Gasteiger partial charge in [0, 0.05) is 29.8 Å². The Morgan fingerprint density at radius 1 is 1.23 bits per heavy atom. The molecule has 2 heterocycles. The van der Waals surface area contributed by atoms with Gasteiger partial charge in [-0.1, -0.05) is 6.08 Å². The minimum Gasteiger partial charge on any atom is -0.478 e. The summed E-state index contributed by atoms with van der Waals surface area (Å²) in [7, 11) is 1.46. The minimum atomic E-state index is -1.26. The van der Waals surface area contributed by atoms with Crippen LogP contribution in [0.25, 0.3) is 0 Å². The molecule has 1 unspecified atom stereocenters. The maximum atomic E-state index is 11.6. The van der Waals surface area contributed by atoms with Gasteiger partial charge in [0.25, 0.3) is 5.91 Å². The predicted molar refractivity (Wildman–Crippen MR) is 76.8 cm³/mol. The normalized spacial score (nSPS) is 23.0. The minimum absolute atomic E-state index is 0.104. The molecule has 0 aliphatic carbocycles. The molecule has 122 valence electrons. The molecule has 2 aliphatic heterocycles. The Kier molecular flexibility index (Phi) is 7.27. The summed E-state index contributed by atoms with van der Waals surface area (Å²) in [4.78, 5) is 35.3. The van der Waals surface area contributed by atoms with Gasteiger partial charge in [-0.05, 0) is 25.7 Å². The van der Waals surface area contributed by atoms with Crippen LogP contribution in [0.15, 0.2) is 23.8 Å². The lowest BCUT2D eigenvalue weighted by molar-refractivity contribution is -0.134. The van der Waals surface area contributed by atoms with E-state index in [-0.39, 0.29) is 11.9 Å². The summed E-state index contributed by atoms with van der Waals surface area (Å²) in [6.45, 7) is 0. The van der Waals surface area contributed by atoms with Crippen LogP contribution < -0.4 is 10.8 Å². The highest BCUT2D eigenvalue weighted by Gasteiger charge is 2.31. The van der Waals surface area contributed by atoms with Crippen molar-refractivity contribution < 1.29 is 29.4 Å². The van der Waals surface area contributed by atoms with E-state index in [0.29, 0.717) is 18.2 Å². The average molecular weight is 312 g/mol. The van der Waals surface area contributed by atoms with Crippen LogP contribution in [-0.4, -0.2) is 47.3 Å². The fraction of sp³-hybridized carbons (Fsp3) is 0.500. The third kappa shape index (κ3) is 6.06. The molecule has 22 heavy (non-hydrogen) atoms. The number of carbonyl (C=O) groups is 3.